The van der Waals surface area contributed by atoms with Crippen molar-refractivity contribution in [3.05, 3.63) is 35.4 Å². The van der Waals surface area contributed by atoms with Gasteiger partial charge in [-0.1, -0.05) is 31.2 Å². The Bertz CT molecular complexity index is 410. The standard InChI is InChI=1S/C15H22O3/c1-4-15(3,18)10-13(14(16)17)9-12-8-6-5-7-11(12)2/h5-8,13,18H,4,9-10H2,1-3H3,(H,16,17). The minimum absolute atomic E-state index is 0.285. The predicted molar refractivity (Wildman–Crippen MR) is 71.5 cm³/mol. The number of aliphatic carboxylic acids is 1. The number of hydrogen-bond donors (Lipinski definition) is 2. The molecule has 0 saturated carbocycles. The van der Waals surface area contributed by atoms with E-state index in [2.05, 4.69) is 0 Å². The van der Waals surface area contributed by atoms with Gasteiger partial charge in [0.1, 0.15) is 0 Å². The average molecular weight is 250 g/mol. The Morgan fingerprint density at radius 3 is 2.50 bits per heavy atom. The summed E-state index contributed by atoms with van der Waals surface area (Å²) in [6, 6.07) is 7.79. The fourth-order valence-electron chi connectivity index (χ4n) is 2.03. The molecule has 3 nitrogen and oxygen atoms in total. The van der Waals surface area contributed by atoms with E-state index in [1.54, 1.807) is 6.92 Å². The van der Waals surface area contributed by atoms with Gasteiger partial charge >= 0.3 is 5.97 Å². The van der Waals surface area contributed by atoms with Crippen molar-refractivity contribution in [1.82, 2.24) is 0 Å². The molecule has 0 saturated heterocycles. The molecule has 0 aromatic heterocycles. The van der Waals surface area contributed by atoms with Gasteiger partial charge in [0.05, 0.1) is 11.5 Å². The third-order valence-corrected chi connectivity index (χ3v) is 3.52. The summed E-state index contributed by atoms with van der Waals surface area (Å²) in [6.45, 7) is 5.54. The number of aliphatic hydroxyl groups is 1. The molecule has 2 N–H and O–H groups in total. The van der Waals surface area contributed by atoms with Gasteiger partial charge in [-0.05, 0) is 44.2 Å². The maximum Gasteiger partial charge on any atom is 0.306 e. The van der Waals surface area contributed by atoms with Gasteiger partial charge in [0.25, 0.3) is 0 Å². The molecule has 1 aromatic carbocycles. The molecule has 0 aliphatic carbocycles. The molecular formula is C15H22O3. The van der Waals surface area contributed by atoms with Gasteiger partial charge in [-0.2, -0.15) is 0 Å². The quantitative estimate of drug-likeness (QED) is 0.816. The summed E-state index contributed by atoms with van der Waals surface area (Å²) in [7, 11) is 0. The van der Waals surface area contributed by atoms with Crippen LogP contribution in [0.5, 0.6) is 0 Å². The lowest BCUT2D eigenvalue weighted by Crippen LogP contribution is -2.31. The van der Waals surface area contributed by atoms with Crippen LogP contribution in [0.2, 0.25) is 0 Å². The minimum atomic E-state index is -0.911. The highest BCUT2D eigenvalue weighted by Gasteiger charge is 2.28. The molecule has 0 bridgehead atoms. The summed E-state index contributed by atoms with van der Waals surface area (Å²) in [5, 5.41) is 19.3. The summed E-state index contributed by atoms with van der Waals surface area (Å²) in [6.07, 6.45) is 1.32. The SMILES string of the molecule is CCC(C)(O)CC(Cc1ccccc1C)C(=O)O. The summed E-state index contributed by atoms with van der Waals surface area (Å²) in [4.78, 5) is 11.3. The summed E-state index contributed by atoms with van der Waals surface area (Å²) in [5.74, 6) is -1.38. The van der Waals surface area contributed by atoms with Crippen LogP contribution >= 0.6 is 0 Å². The van der Waals surface area contributed by atoms with Crippen LogP contribution in [0.15, 0.2) is 24.3 Å². The Kier molecular flexibility index (Phi) is 4.91. The van der Waals surface area contributed by atoms with E-state index < -0.39 is 17.5 Å². The van der Waals surface area contributed by atoms with Crippen LogP contribution in [0.25, 0.3) is 0 Å². The largest absolute Gasteiger partial charge is 0.481 e. The van der Waals surface area contributed by atoms with Crippen molar-refractivity contribution in [2.45, 2.75) is 45.6 Å². The number of carboxylic acids is 1. The first-order chi connectivity index (χ1) is 8.35. The van der Waals surface area contributed by atoms with Gasteiger partial charge in [-0.25, -0.2) is 0 Å². The molecule has 0 fully saturated rings. The first-order valence-corrected chi connectivity index (χ1v) is 6.35. The zero-order chi connectivity index (χ0) is 13.8. The highest BCUT2D eigenvalue weighted by Crippen LogP contribution is 2.24. The fraction of sp³-hybridized carbons (Fsp3) is 0.533. The van der Waals surface area contributed by atoms with Gasteiger partial charge in [0, 0.05) is 0 Å². The smallest absolute Gasteiger partial charge is 0.306 e. The minimum Gasteiger partial charge on any atom is -0.481 e. The van der Waals surface area contributed by atoms with Gasteiger partial charge in [0.15, 0.2) is 0 Å². The highest BCUT2D eigenvalue weighted by molar-refractivity contribution is 5.70. The molecule has 0 aliphatic rings. The first kappa shape index (κ1) is 14.7. The van der Waals surface area contributed by atoms with Crippen molar-refractivity contribution in [3.63, 3.8) is 0 Å². The molecule has 2 unspecified atom stereocenters. The van der Waals surface area contributed by atoms with E-state index in [0.29, 0.717) is 12.8 Å². The molecule has 2 atom stereocenters. The van der Waals surface area contributed by atoms with Crippen LogP contribution in [0.3, 0.4) is 0 Å². The van der Waals surface area contributed by atoms with E-state index in [1.165, 1.54) is 0 Å². The van der Waals surface area contributed by atoms with Crippen LogP contribution in [-0.4, -0.2) is 21.8 Å². The van der Waals surface area contributed by atoms with Crippen molar-refractivity contribution in [2.75, 3.05) is 0 Å². The molecule has 0 heterocycles. The van der Waals surface area contributed by atoms with Gasteiger partial charge in [0.2, 0.25) is 0 Å². The van der Waals surface area contributed by atoms with Crippen LogP contribution in [-0.2, 0) is 11.2 Å². The monoisotopic (exact) mass is 250 g/mol. The second-order valence-electron chi connectivity index (χ2n) is 5.22. The van der Waals surface area contributed by atoms with E-state index in [9.17, 15) is 15.0 Å². The van der Waals surface area contributed by atoms with Crippen LogP contribution < -0.4 is 0 Å². The maximum atomic E-state index is 11.3. The van der Waals surface area contributed by atoms with Crippen LogP contribution in [0.1, 0.15) is 37.8 Å². The molecule has 0 aliphatic heterocycles. The van der Waals surface area contributed by atoms with Crippen LogP contribution in [0.4, 0.5) is 0 Å². The molecule has 0 spiro atoms. The van der Waals surface area contributed by atoms with Crippen molar-refractivity contribution in [1.29, 1.82) is 0 Å². The van der Waals surface area contributed by atoms with Crippen molar-refractivity contribution < 1.29 is 15.0 Å². The Balaban J connectivity index is 2.82. The Morgan fingerprint density at radius 2 is 2.00 bits per heavy atom. The number of carboxylic acid groups (broad SMARTS) is 1. The number of benzene rings is 1. The third-order valence-electron chi connectivity index (χ3n) is 3.52. The lowest BCUT2D eigenvalue weighted by Gasteiger charge is -2.25. The van der Waals surface area contributed by atoms with E-state index in [-0.39, 0.29) is 6.42 Å². The number of carbonyl (C=O) groups is 1. The Hall–Kier alpha value is -1.35. The maximum absolute atomic E-state index is 11.3. The van der Waals surface area contributed by atoms with E-state index >= 15 is 0 Å². The van der Waals surface area contributed by atoms with Crippen LogP contribution in [0, 0.1) is 12.8 Å². The summed E-state index contributed by atoms with van der Waals surface area (Å²) >= 11 is 0. The second kappa shape index (κ2) is 6.01. The topological polar surface area (TPSA) is 57.5 Å². The second-order valence-corrected chi connectivity index (χ2v) is 5.22. The van der Waals surface area contributed by atoms with Crippen molar-refractivity contribution in [3.8, 4) is 0 Å². The van der Waals surface area contributed by atoms with Gasteiger partial charge in [-0.15, -0.1) is 0 Å². The van der Waals surface area contributed by atoms with Gasteiger partial charge in [-0.3, -0.25) is 4.79 Å². The number of hydrogen-bond acceptors (Lipinski definition) is 2. The molecule has 1 aromatic rings. The van der Waals surface area contributed by atoms with Crippen molar-refractivity contribution in [2.24, 2.45) is 5.92 Å². The zero-order valence-electron chi connectivity index (χ0n) is 11.3. The Labute approximate surface area is 108 Å². The molecule has 0 radical (unpaired) electrons. The molecule has 1 rings (SSSR count). The van der Waals surface area contributed by atoms with E-state index in [0.717, 1.165) is 11.1 Å². The molecule has 18 heavy (non-hydrogen) atoms. The van der Waals surface area contributed by atoms with Crippen molar-refractivity contribution >= 4 is 5.97 Å². The normalized spacial score (nSPS) is 16.0. The molecular weight excluding hydrogens is 228 g/mol. The fourth-order valence-corrected chi connectivity index (χ4v) is 2.03. The molecule has 0 amide bonds. The summed E-state index contributed by atoms with van der Waals surface area (Å²) < 4.78 is 0. The third kappa shape index (κ3) is 4.15. The number of aryl methyl sites for hydroxylation is 1. The zero-order valence-corrected chi connectivity index (χ0v) is 11.3. The van der Waals surface area contributed by atoms with E-state index in [1.807, 2.05) is 38.1 Å². The number of rotatable bonds is 6. The van der Waals surface area contributed by atoms with E-state index in [4.69, 9.17) is 0 Å². The highest BCUT2D eigenvalue weighted by atomic mass is 16.4. The summed E-state index contributed by atoms with van der Waals surface area (Å²) in [5.41, 5.74) is 1.22. The predicted octanol–water partition coefficient (Wildman–Crippen LogP) is 2.79. The molecule has 100 valence electrons. The molecule has 3 heteroatoms. The Morgan fingerprint density at radius 1 is 1.39 bits per heavy atom. The van der Waals surface area contributed by atoms with Gasteiger partial charge < -0.3 is 10.2 Å². The lowest BCUT2D eigenvalue weighted by molar-refractivity contribution is -0.144. The lowest BCUT2D eigenvalue weighted by atomic mass is 9.85. The average Bonchev–Trinajstić information content (AvgIpc) is 2.30. The first-order valence-electron chi connectivity index (χ1n) is 6.35.